The Kier molecular flexibility index (Phi) is 2.87. The summed E-state index contributed by atoms with van der Waals surface area (Å²) in [6, 6.07) is 3.50. The van der Waals surface area contributed by atoms with Gasteiger partial charge < -0.3 is 10.5 Å². The van der Waals surface area contributed by atoms with Crippen LogP contribution in [0.2, 0.25) is 5.28 Å². The van der Waals surface area contributed by atoms with Gasteiger partial charge in [0, 0.05) is 6.20 Å². The third-order valence-corrected chi connectivity index (χ3v) is 2.09. The summed E-state index contributed by atoms with van der Waals surface area (Å²) in [6.45, 7) is 1.74. The third-order valence-electron chi connectivity index (χ3n) is 1.92. The van der Waals surface area contributed by atoms with Crippen LogP contribution in [0.5, 0.6) is 11.6 Å². The van der Waals surface area contributed by atoms with Gasteiger partial charge in [0.25, 0.3) is 0 Å². The topological polar surface area (TPSA) is 73.9 Å². The Hall–Kier alpha value is -1.88. The smallest absolute Gasteiger partial charge is 0.247 e. The van der Waals surface area contributed by atoms with Gasteiger partial charge in [-0.15, -0.1) is 0 Å². The van der Waals surface area contributed by atoms with Crippen LogP contribution >= 0.6 is 11.6 Å². The van der Waals surface area contributed by atoms with E-state index in [2.05, 4.69) is 15.0 Å². The summed E-state index contributed by atoms with van der Waals surface area (Å²) < 4.78 is 5.45. The quantitative estimate of drug-likeness (QED) is 0.810. The molecule has 6 heteroatoms. The number of rotatable bonds is 2. The molecular weight excluding hydrogens is 228 g/mol. The van der Waals surface area contributed by atoms with Crippen LogP contribution in [0.3, 0.4) is 0 Å². The maximum absolute atomic E-state index is 5.77. The van der Waals surface area contributed by atoms with Crippen molar-refractivity contribution < 1.29 is 4.74 Å². The molecule has 0 bridgehead atoms. The van der Waals surface area contributed by atoms with Crippen molar-refractivity contribution in [3.63, 3.8) is 0 Å². The van der Waals surface area contributed by atoms with Gasteiger partial charge >= 0.3 is 0 Å². The van der Waals surface area contributed by atoms with Crippen LogP contribution in [0.15, 0.2) is 24.5 Å². The van der Waals surface area contributed by atoms with Gasteiger partial charge in [-0.3, -0.25) is 4.98 Å². The second-order valence-electron chi connectivity index (χ2n) is 3.09. The van der Waals surface area contributed by atoms with Gasteiger partial charge in [0.2, 0.25) is 11.2 Å². The van der Waals surface area contributed by atoms with Crippen LogP contribution in [0.4, 0.5) is 5.69 Å². The highest BCUT2D eigenvalue weighted by molar-refractivity contribution is 6.28. The first-order chi connectivity index (χ1) is 7.66. The molecule has 0 radical (unpaired) electrons. The molecule has 0 aliphatic rings. The minimum atomic E-state index is 0.102. The van der Waals surface area contributed by atoms with Crippen LogP contribution in [0, 0.1) is 6.92 Å². The molecule has 82 valence electrons. The van der Waals surface area contributed by atoms with E-state index >= 15 is 0 Å². The number of hydrogen-bond donors (Lipinski definition) is 1. The van der Waals surface area contributed by atoms with Crippen molar-refractivity contribution >= 4 is 17.3 Å². The summed E-state index contributed by atoms with van der Waals surface area (Å²) >= 11 is 5.71. The molecule has 16 heavy (non-hydrogen) atoms. The Morgan fingerprint density at radius 2 is 2.19 bits per heavy atom. The van der Waals surface area contributed by atoms with Gasteiger partial charge in [0.1, 0.15) is 11.4 Å². The van der Waals surface area contributed by atoms with E-state index in [-0.39, 0.29) is 11.2 Å². The van der Waals surface area contributed by atoms with E-state index in [0.717, 1.165) is 0 Å². The number of aromatic nitrogens is 3. The van der Waals surface area contributed by atoms with Crippen molar-refractivity contribution in [2.24, 2.45) is 0 Å². The molecule has 0 atom stereocenters. The average molecular weight is 237 g/mol. The lowest BCUT2D eigenvalue weighted by atomic mass is 10.4. The van der Waals surface area contributed by atoms with Crippen molar-refractivity contribution in [3.05, 3.63) is 35.5 Å². The molecule has 0 aliphatic carbocycles. The molecular formula is C10H9ClN4O. The summed E-state index contributed by atoms with van der Waals surface area (Å²) in [6.07, 6.45) is 3.21. The Morgan fingerprint density at radius 1 is 1.38 bits per heavy atom. The normalized spacial score (nSPS) is 10.1. The molecule has 2 aromatic rings. The number of hydrogen-bond acceptors (Lipinski definition) is 5. The van der Waals surface area contributed by atoms with Crippen molar-refractivity contribution in [3.8, 4) is 11.6 Å². The summed E-state index contributed by atoms with van der Waals surface area (Å²) in [7, 11) is 0. The van der Waals surface area contributed by atoms with Crippen molar-refractivity contribution in [2.75, 3.05) is 5.73 Å². The van der Waals surface area contributed by atoms with E-state index in [1.165, 1.54) is 0 Å². The predicted octanol–water partition coefficient (Wildman–Crippen LogP) is 2.21. The first-order valence-electron chi connectivity index (χ1n) is 4.54. The van der Waals surface area contributed by atoms with Gasteiger partial charge in [-0.2, -0.15) is 4.98 Å². The first kappa shape index (κ1) is 10.6. The molecule has 2 heterocycles. The molecule has 0 amide bonds. The molecule has 0 fully saturated rings. The summed E-state index contributed by atoms with van der Waals surface area (Å²) in [5.41, 5.74) is 6.72. The molecule has 2 aromatic heterocycles. The van der Waals surface area contributed by atoms with Crippen molar-refractivity contribution in [1.29, 1.82) is 0 Å². The zero-order valence-electron chi connectivity index (χ0n) is 8.51. The molecule has 2 rings (SSSR count). The molecule has 0 aromatic carbocycles. The van der Waals surface area contributed by atoms with Crippen LogP contribution in [0.25, 0.3) is 0 Å². The molecule has 0 aliphatic heterocycles. The minimum Gasteiger partial charge on any atom is -0.435 e. The second-order valence-corrected chi connectivity index (χ2v) is 3.43. The number of nitrogens with two attached hydrogens (primary N) is 1. The lowest BCUT2D eigenvalue weighted by Crippen LogP contribution is -2.00. The van der Waals surface area contributed by atoms with Gasteiger partial charge in [-0.1, -0.05) is 0 Å². The zero-order chi connectivity index (χ0) is 11.5. The number of aryl methyl sites for hydroxylation is 1. The molecule has 0 saturated carbocycles. The third kappa shape index (κ3) is 2.20. The first-order valence-corrected chi connectivity index (χ1v) is 4.92. The van der Waals surface area contributed by atoms with E-state index in [1.54, 1.807) is 31.5 Å². The molecule has 0 spiro atoms. The second kappa shape index (κ2) is 4.32. The fourth-order valence-electron chi connectivity index (χ4n) is 1.12. The van der Waals surface area contributed by atoms with Crippen LogP contribution in [-0.2, 0) is 0 Å². The van der Waals surface area contributed by atoms with Crippen molar-refractivity contribution in [2.45, 2.75) is 6.92 Å². The summed E-state index contributed by atoms with van der Waals surface area (Å²) in [5.74, 6) is 0.786. The van der Waals surface area contributed by atoms with E-state index < -0.39 is 0 Å². The zero-order valence-corrected chi connectivity index (χ0v) is 9.27. The summed E-state index contributed by atoms with van der Waals surface area (Å²) in [4.78, 5) is 11.7. The number of pyridine rings is 1. The highest BCUT2D eigenvalue weighted by Gasteiger charge is 2.09. The fraction of sp³-hybridized carbons (Fsp3) is 0.100. The Bertz CT molecular complexity index is 504. The molecule has 0 saturated heterocycles. The average Bonchev–Trinajstić information content (AvgIpc) is 2.27. The summed E-state index contributed by atoms with van der Waals surface area (Å²) in [5, 5.41) is 0.102. The van der Waals surface area contributed by atoms with Gasteiger partial charge in [0.05, 0.1) is 11.9 Å². The van der Waals surface area contributed by atoms with Gasteiger partial charge in [0.15, 0.2) is 0 Å². The SMILES string of the molecule is Cc1nc(Cl)nc(Oc2cccnc2)c1N. The van der Waals surface area contributed by atoms with Gasteiger partial charge in [-0.05, 0) is 30.7 Å². The number of anilines is 1. The molecule has 0 unspecified atom stereocenters. The molecule has 5 nitrogen and oxygen atoms in total. The van der Waals surface area contributed by atoms with E-state index in [1.807, 2.05) is 0 Å². The Morgan fingerprint density at radius 3 is 2.88 bits per heavy atom. The Labute approximate surface area is 97.3 Å². The van der Waals surface area contributed by atoms with E-state index in [0.29, 0.717) is 17.1 Å². The number of halogens is 1. The number of nitrogens with zero attached hydrogens (tertiary/aromatic N) is 3. The van der Waals surface area contributed by atoms with Gasteiger partial charge in [-0.25, -0.2) is 4.98 Å². The minimum absolute atomic E-state index is 0.102. The maximum atomic E-state index is 5.77. The lowest BCUT2D eigenvalue weighted by molar-refractivity contribution is 0.461. The predicted molar refractivity (Wildman–Crippen MR) is 60.5 cm³/mol. The highest BCUT2D eigenvalue weighted by atomic mass is 35.5. The lowest BCUT2D eigenvalue weighted by Gasteiger charge is -2.08. The number of ether oxygens (including phenoxy) is 1. The largest absolute Gasteiger partial charge is 0.435 e. The van der Waals surface area contributed by atoms with E-state index in [4.69, 9.17) is 22.1 Å². The monoisotopic (exact) mass is 236 g/mol. The standard InChI is InChI=1S/C10H9ClN4O/c1-6-8(12)9(15-10(11)14-6)16-7-3-2-4-13-5-7/h2-5H,12H2,1H3. The maximum Gasteiger partial charge on any atom is 0.247 e. The number of nitrogen functional groups attached to an aromatic ring is 1. The van der Waals surface area contributed by atoms with E-state index in [9.17, 15) is 0 Å². The van der Waals surface area contributed by atoms with Crippen LogP contribution in [-0.4, -0.2) is 15.0 Å². The Balaban J connectivity index is 2.35. The highest BCUT2D eigenvalue weighted by Crippen LogP contribution is 2.27. The fourth-order valence-corrected chi connectivity index (χ4v) is 1.32. The van der Waals surface area contributed by atoms with Crippen LogP contribution < -0.4 is 10.5 Å². The molecule has 2 N–H and O–H groups in total. The van der Waals surface area contributed by atoms with Crippen molar-refractivity contribution in [1.82, 2.24) is 15.0 Å². The van der Waals surface area contributed by atoms with Crippen LogP contribution in [0.1, 0.15) is 5.69 Å².